The minimum Gasteiger partial charge on any atom is -0.346 e. The number of aromatic nitrogens is 1. The minimum atomic E-state index is 1.02. The second-order valence-corrected chi connectivity index (χ2v) is 4.92. The topological polar surface area (TPSA) is 4.93 Å². The Hall–Kier alpha value is -0.0300. The number of aryl methyl sites for hydroxylation is 1. The van der Waals surface area contributed by atoms with Crippen molar-refractivity contribution in [1.82, 2.24) is 4.57 Å². The first-order chi connectivity index (χ1) is 6.24. The molecule has 2 rings (SSSR count). The predicted octanol–water partition coefficient (Wildman–Crippen LogP) is 4.03. The summed E-state index contributed by atoms with van der Waals surface area (Å²) in [5.74, 6) is 0. The lowest BCUT2D eigenvalue weighted by Gasteiger charge is -2.01. The Morgan fingerprint density at radius 3 is 2.92 bits per heavy atom. The van der Waals surface area contributed by atoms with E-state index >= 15 is 0 Å². The molecule has 1 aromatic heterocycles. The summed E-state index contributed by atoms with van der Waals surface area (Å²) in [6, 6.07) is 6.33. The molecule has 13 heavy (non-hydrogen) atoms. The summed E-state index contributed by atoms with van der Waals surface area (Å²) >= 11 is 5.95. The summed E-state index contributed by atoms with van der Waals surface area (Å²) in [5, 5.41) is 1.33. The highest BCUT2D eigenvalue weighted by atomic mass is 127. The Kier molecular flexibility index (Phi) is 2.65. The van der Waals surface area contributed by atoms with Crippen LogP contribution >= 0.6 is 38.5 Å². The van der Waals surface area contributed by atoms with Crippen LogP contribution in [0, 0.1) is 3.57 Å². The van der Waals surface area contributed by atoms with E-state index in [1.54, 1.807) is 0 Å². The summed E-state index contributed by atoms with van der Waals surface area (Å²) in [6.07, 6.45) is 2.19. The Labute approximate surface area is 99.4 Å². The molecule has 0 N–H and O–H groups in total. The second-order valence-electron chi connectivity index (χ2n) is 2.90. The summed E-state index contributed by atoms with van der Waals surface area (Å²) in [5.41, 5.74) is 1.30. The highest BCUT2D eigenvalue weighted by molar-refractivity contribution is 14.1. The number of hydrogen-bond acceptors (Lipinski definition) is 0. The molecule has 0 fully saturated rings. The first-order valence-electron chi connectivity index (χ1n) is 4.17. The zero-order valence-corrected chi connectivity index (χ0v) is 11.0. The molecule has 0 radical (unpaired) electrons. The summed E-state index contributed by atoms with van der Waals surface area (Å²) in [4.78, 5) is 0. The molecule has 1 aromatic carbocycles. The van der Waals surface area contributed by atoms with Crippen LogP contribution in [-0.2, 0) is 6.54 Å². The van der Waals surface area contributed by atoms with Crippen LogP contribution in [0.4, 0.5) is 0 Å². The number of halogens is 2. The third-order valence-corrected chi connectivity index (χ3v) is 3.64. The standard InChI is InChI=1S/C10H9BrIN/c1-2-13-6-9(12)7-4-3-5-8(11)10(7)13/h3-6H,2H2,1H3. The van der Waals surface area contributed by atoms with E-state index in [-0.39, 0.29) is 0 Å². The highest BCUT2D eigenvalue weighted by Crippen LogP contribution is 2.28. The lowest BCUT2D eigenvalue weighted by molar-refractivity contribution is 0.795. The van der Waals surface area contributed by atoms with Crippen LogP contribution in [0.5, 0.6) is 0 Å². The van der Waals surface area contributed by atoms with E-state index in [1.165, 1.54) is 18.9 Å². The molecule has 0 amide bonds. The zero-order valence-electron chi connectivity index (χ0n) is 7.22. The summed E-state index contributed by atoms with van der Waals surface area (Å²) in [6.45, 7) is 3.18. The Balaban J connectivity index is 2.89. The molecule has 3 heteroatoms. The van der Waals surface area contributed by atoms with Crippen LogP contribution in [0.15, 0.2) is 28.9 Å². The van der Waals surface area contributed by atoms with Gasteiger partial charge in [0.25, 0.3) is 0 Å². The molecule has 0 aliphatic carbocycles. The summed E-state index contributed by atoms with van der Waals surface area (Å²) in [7, 11) is 0. The lowest BCUT2D eigenvalue weighted by Crippen LogP contribution is -1.90. The van der Waals surface area contributed by atoms with Gasteiger partial charge in [-0.15, -0.1) is 0 Å². The average Bonchev–Trinajstić information content (AvgIpc) is 2.45. The fourth-order valence-corrected chi connectivity index (χ4v) is 2.89. The van der Waals surface area contributed by atoms with Gasteiger partial charge in [0, 0.05) is 26.2 Å². The van der Waals surface area contributed by atoms with Gasteiger partial charge in [-0.25, -0.2) is 0 Å². The van der Waals surface area contributed by atoms with E-state index in [2.05, 4.69) is 74.4 Å². The quantitative estimate of drug-likeness (QED) is 0.685. The molecule has 1 nitrogen and oxygen atoms in total. The van der Waals surface area contributed by atoms with Gasteiger partial charge in [0.1, 0.15) is 0 Å². The van der Waals surface area contributed by atoms with Gasteiger partial charge in [0.05, 0.1) is 5.52 Å². The molecule has 0 bridgehead atoms. The third kappa shape index (κ3) is 1.52. The predicted molar refractivity (Wildman–Crippen MR) is 68.0 cm³/mol. The van der Waals surface area contributed by atoms with Gasteiger partial charge in [-0.1, -0.05) is 12.1 Å². The van der Waals surface area contributed by atoms with Crippen LogP contribution in [-0.4, -0.2) is 4.57 Å². The smallest absolute Gasteiger partial charge is 0.0635 e. The van der Waals surface area contributed by atoms with Gasteiger partial charge in [-0.2, -0.15) is 0 Å². The fraction of sp³-hybridized carbons (Fsp3) is 0.200. The fourth-order valence-electron chi connectivity index (χ4n) is 1.52. The van der Waals surface area contributed by atoms with E-state index in [9.17, 15) is 0 Å². The van der Waals surface area contributed by atoms with Crippen LogP contribution in [0.1, 0.15) is 6.92 Å². The van der Waals surface area contributed by atoms with Crippen molar-refractivity contribution in [1.29, 1.82) is 0 Å². The first kappa shape index (κ1) is 9.52. The summed E-state index contributed by atoms with van der Waals surface area (Å²) < 4.78 is 4.76. The molecule has 0 saturated carbocycles. The van der Waals surface area contributed by atoms with E-state index < -0.39 is 0 Å². The SMILES string of the molecule is CCn1cc(I)c2cccc(Br)c21. The third-order valence-electron chi connectivity index (χ3n) is 2.14. The number of para-hydroxylation sites is 1. The molecule has 0 unspecified atom stereocenters. The van der Waals surface area contributed by atoms with Gasteiger partial charge in [-0.05, 0) is 51.5 Å². The lowest BCUT2D eigenvalue weighted by atomic mass is 10.2. The van der Waals surface area contributed by atoms with Gasteiger partial charge in [-0.3, -0.25) is 0 Å². The molecule has 0 aliphatic heterocycles. The minimum absolute atomic E-state index is 1.02. The Bertz CT molecular complexity index is 447. The average molecular weight is 350 g/mol. The molecule has 1 heterocycles. The monoisotopic (exact) mass is 349 g/mol. The number of rotatable bonds is 1. The molecule has 0 saturated heterocycles. The van der Waals surface area contributed by atoms with Crippen LogP contribution in [0.2, 0.25) is 0 Å². The van der Waals surface area contributed by atoms with Crippen molar-refractivity contribution in [2.24, 2.45) is 0 Å². The molecular formula is C10H9BrIN. The number of benzene rings is 1. The van der Waals surface area contributed by atoms with Gasteiger partial charge in [0.15, 0.2) is 0 Å². The highest BCUT2D eigenvalue weighted by Gasteiger charge is 2.07. The molecule has 0 atom stereocenters. The first-order valence-corrected chi connectivity index (χ1v) is 6.04. The van der Waals surface area contributed by atoms with Gasteiger partial charge >= 0.3 is 0 Å². The van der Waals surface area contributed by atoms with Gasteiger partial charge in [0.2, 0.25) is 0 Å². The molecule has 68 valence electrons. The maximum atomic E-state index is 3.58. The van der Waals surface area contributed by atoms with E-state index in [0.717, 1.165) is 6.54 Å². The van der Waals surface area contributed by atoms with Gasteiger partial charge < -0.3 is 4.57 Å². The molecular weight excluding hydrogens is 341 g/mol. The van der Waals surface area contributed by atoms with Crippen molar-refractivity contribution >= 4 is 49.4 Å². The Morgan fingerprint density at radius 2 is 2.23 bits per heavy atom. The molecule has 0 spiro atoms. The van der Waals surface area contributed by atoms with E-state index in [1.807, 2.05) is 0 Å². The zero-order chi connectivity index (χ0) is 9.42. The van der Waals surface area contributed by atoms with Crippen molar-refractivity contribution in [3.63, 3.8) is 0 Å². The normalized spacial score (nSPS) is 11.0. The van der Waals surface area contributed by atoms with Crippen molar-refractivity contribution in [2.45, 2.75) is 13.5 Å². The van der Waals surface area contributed by atoms with Crippen molar-refractivity contribution < 1.29 is 0 Å². The number of fused-ring (bicyclic) bond motifs is 1. The van der Waals surface area contributed by atoms with Crippen molar-refractivity contribution in [3.05, 3.63) is 32.4 Å². The largest absolute Gasteiger partial charge is 0.346 e. The second kappa shape index (κ2) is 3.61. The van der Waals surface area contributed by atoms with E-state index in [0.29, 0.717) is 0 Å². The van der Waals surface area contributed by atoms with Crippen LogP contribution < -0.4 is 0 Å². The van der Waals surface area contributed by atoms with Crippen molar-refractivity contribution in [3.8, 4) is 0 Å². The van der Waals surface area contributed by atoms with Crippen LogP contribution in [0.3, 0.4) is 0 Å². The maximum absolute atomic E-state index is 3.58. The van der Waals surface area contributed by atoms with Crippen LogP contribution in [0.25, 0.3) is 10.9 Å². The molecule has 0 aliphatic rings. The Morgan fingerprint density at radius 1 is 1.46 bits per heavy atom. The van der Waals surface area contributed by atoms with Crippen molar-refractivity contribution in [2.75, 3.05) is 0 Å². The van der Waals surface area contributed by atoms with E-state index in [4.69, 9.17) is 0 Å². The maximum Gasteiger partial charge on any atom is 0.0635 e. The molecule has 2 aromatic rings. The number of nitrogens with zero attached hydrogens (tertiary/aromatic N) is 1. The number of hydrogen-bond donors (Lipinski definition) is 0.